The summed E-state index contributed by atoms with van der Waals surface area (Å²) in [5, 5.41) is 5.35. The Labute approximate surface area is 225 Å². The van der Waals surface area contributed by atoms with Crippen LogP contribution in [-0.2, 0) is 14.8 Å². The van der Waals surface area contributed by atoms with Gasteiger partial charge in [0.25, 0.3) is 5.91 Å². The molecule has 0 aromatic heterocycles. The van der Waals surface area contributed by atoms with Gasteiger partial charge in [0.05, 0.1) is 4.90 Å². The molecule has 1 aliphatic rings. The molecule has 214 valence electrons. The number of amides is 2. The Hall–Kier alpha value is -3.03. The summed E-state index contributed by atoms with van der Waals surface area (Å²) in [4.78, 5) is 27.7. The minimum atomic E-state index is -4.81. The molecule has 1 atom stereocenters. The van der Waals surface area contributed by atoms with Crippen LogP contribution in [0.1, 0.15) is 43.5 Å². The number of carbonyl (C=O) groups excluding carboxylic acids is 2. The largest absolute Gasteiger partial charge is 0.407 e. The monoisotopic (exact) mass is 572 g/mol. The third-order valence-corrected chi connectivity index (χ3v) is 8.34. The van der Waals surface area contributed by atoms with Gasteiger partial charge in [0.1, 0.15) is 17.4 Å². The van der Waals surface area contributed by atoms with Gasteiger partial charge in [-0.3, -0.25) is 9.59 Å². The number of carbonyl (C=O) groups is 2. The molecule has 2 aromatic carbocycles. The van der Waals surface area contributed by atoms with Crippen LogP contribution in [0.2, 0.25) is 0 Å². The van der Waals surface area contributed by atoms with Crippen molar-refractivity contribution in [2.45, 2.75) is 55.8 Å². The average molecular weight is 573 g/mol. The van der Waals surface area contributed by atoms with Gasteiger partial charge in [-0.1, -0.05) is 0 Å². The first kappa shape index (κ1) is 30.5. The van der Waals surface area contributed by atoms with Crippen molar-refractivity contribution in [3.8, 4) is 0 Å². The minimum Gasteiger partial charge on any atom is -0.340 e. The van der Waals surface area contributed by atoms with Gasteiger partial charge in [-0.15, -0.1) is 0 Å². The van der Waals surface area contributed by atoms with Crippen LogP contribution in [-0.4, -0.2) is 63.0 Å². The van der Waals surface area contributed by atoms with Crippen LogP contribution in [0, 0.1) is 11.7 Å². The van der Waals surface area contributed by atoms with E-state index in [4.69, 9.17) is 0 Å². The van der Waals surface area contributed by atoms with Gasteiger partial charge < -0.3 is 15.5 Å². The Balaban J connectivity index is 1.74. The lowest BCUT2D eigenvalue weighted by molar-refractivity contribution is -0.180. The fourth-order valence-corrected chi connectivity index (χ4v) is 5.50. The highest BCUT2D eigenvalue weighted by molar-refractivity contribution is 7.89. The lowest BCUT2D eigenvalue weighted by atomic mass is 9.90. The summed E-state index contributed by atoms with van der Waals surface area (Å²) >= 11 is 0. The standard InChI is InChI=1S/C26H32F4N4O4S/c1-25(2,26(28,29)30)33-39(37,38)21-10-8-20(9-11-21)31-24(36)22(16-17-12-14-34(3)15-13-17)32-23(35)18-4-6-19(27)7-5-18/h4-11,17,22,33H,12-16H2,1-3H3,(H,31,36)(H,32,35)/t22-/m0/s1. The van der Waals surface area contributed by atoms with Gasteiger partial charge in [-0.05, 0) is 108 Å². The van der Waals surface area contributed by atoms with Crippen molar-refractivity contribution < 1.29 is 35.6 Å². The smallest absolute Gasteiger partial charge is 0.340 e. The van der Waals surface area contributed by atoms with Crippen LogP contribution in [0.5, 0.6) is 0 Å². The van der Waals surface area contributed by atoms with Gasteiger partial charge >= 0.3 is 6.18 Å². The van der Waals surface area contributed by atoms with E-state index in [0.717, 1.165) is 50.2 Å². The summed E-state index contributed by atoms with van der Waals surface area (Å²) in [6.45, 7) is 3.12. The van der Waals surface area contributed by atoms with Crippen molar-refractivity contribution >= 4 is 27.5 Å². The van der Waals surface area contributed by atoms with E-state index in [9.17, 15) is 35.6 Å². The molecular weight excluding hydrogens is 540 g/mol. The van der Waals surface area contributed by atoms with Gasteiger partial charge in [0.15, 0.2) is 0 Å². The molecule has 8 nitrogen and oxygen atoms in total. The first-order valence-corrected chi connectivity index (χ1v) is 13.8. The molecule has 3 rings (SSSR count). The zero-order valence-electron chi connectivity index (χ0n) is 21.8. The second-order valence-corrected chi connectivity index (χ2v) is 11.9. The molecule has 0 radical (unpaired) electrons. The van der Waals surface area contributed by atoms with E-state index in [-0.39, 0.29) is 17.2 Å². The molecule has 0 bridgehead atoms. The van der Waals surface area contributed by atoms with Crippen LogP contribution >= 0.6 is 0 Å². The maximum absolute atomic E-state index is 13.3. The molecule has 3 N–H and O–H groups in total. The number of nitrogens with zero attached hydrogens (tertiary/aromatic N) is 1. The van der Waals surface area contributed by atoms with Crippen LogP contribution < -0.4 is 15.4 Å². The quantitative estimate of drug-likeness (QED) is 0.395. The van der Waals surface area contributed by atoms with E-state index in [1.807, 2.05) is 7.05 Å². The summed E-state index contributed by atoms with van der Waals surface area (Å²) in [6, 6.07) is 8.62. The van der Waals surface area contributed by atoms with Crippen LogP contribution in [0.15, 0.2) is 53.4 Å². The molecule has 0 aliphatic carbocycles. The fraction of sp³-hybridized carbons (Fsp3) is 0.462. The molecular formula is C26H32F4N4O4S. The number of hydrogen-bond acceptors (Lipinski definition) is 5. The highest BCUT2D eigenvalue weighted by Crippen LogP contribution is 2.31. The lowest BCUT2D eigenvalue weighted by Crippen LogP contribution is -2.54. The predicted octanol–water partition coefficient (Wildman–Crippen LogP) is 3.91. The number of hydrogen-bond donors (Lipinski definition) is 3. The molecule has 0 spiro atoms. The van der Waals surface area contributed by atoms with Gasteiger partial charge in [0, 0.05) is 11.3 Å². The predicted molar refractivity (Wildman–Crippen MR) is 138 cm³/mol. The molecule has 0 saturated carbocycles. The number of likely N-dealkylation sites (tertiary alicyclic amines) is 1. The zero-order chi connectivity index (χ0) is 29.0. The fourth-order valence-electron chi connectivity index (χ4n) is 4.10. The third-order valence-electron chi connectivity index (χ3n) is 6.67. The molecule has 2 aromatic rings. The average Bonchev–Trinajstić information content (AvgIpc) is 2.84. The van der Waals surface area contributed by atoms with E-state index >= 15 is 0 Å². The topological polar surface area (TPSA) is 108 Å². The molecule has 1 heterocycles. The number of benzene rings is 2. The number of halogens is 4. The number of alkyl halides is 3. The summed E-state index contributed by atoms with van der Waals surface area (Å²) in [6.07, 6.45) is -2.79. The second-order valence-electron chi connectivity index (χ2n) is 10.3. The van der Waals surface area contributed by atoms with Gasteiger partial charge in [-0.25, -0.2) is 12.8 Å². The maximum Gasteiger partial charge on any atom is 0.407 e. The van der Waals surface area contributed by atoms with Crippen molar-refractivity contribution in [2.75, 3.05) is 25.5 Å². The van der Waals surface area contributed by atoms with E-state index in [1.54, 1.807) is 4.72 Å². The Morgan fingerprint density at radius 1 is 1.00 bits per heavy atom. The van der Waals surface area contributed by atoms with Crippen molar-refractivity contribution in [3.63, 3.8) is 0 Å². The van der Waals surface area contributed by atoms with Gasteiger partial charge in [0.2, 0.25) is 15.9 Å². The number of piperidine rings is 1. The molecule has 1 saturated heterocycles. The second kappa shape index (κ2) is 12.0. The lowest BCUT2D eigenvalue weighted by Gasteiger charge is -2.31. The van der Waals surface area contributed by atoms with Crippen molar-refractivity contribution in [1.82, 2.24) is 14.9 Å². The van der Waals surface area contributed by atoms with Crippen molar-refractivity contribution in [3.05, 3.63) is 59.9 Å². The van der Waals surface area contributed by atoms with E-state index in [1.165, 1.54) is 24.3 Å². The Morgan fingerprint density at radius 2 is 1.56 bits per heavy atom. The van der Waals surface area contributed by atoms with Crippen LogP contribution in [0.4, 0.5) is 23.2 Å². The van der Waals surface area contributed by atoms with Crippen LogP contribution in [0.3, 0.4) is 0 Å². The number of anilines is 1. The molecule has 0 unspecified atom stereocenters. The molecule has 39 heavy (non-hydrogen) atoms. The van der Waals surface area contributed by atoms with Crippen LogP contribution in [0.25, 0.3) is 0 Å². The van der Waals surface area contributed by atoms with Gasteiger partial charge in [-0.2, -0.15) is 17.9 Å². The number of sulfonamides is 1. The minimum absolute atomic E-state index is 0.168. The van der Waals surface area contributed by atoms with E-state index in [2.05, 4.69) is 15.5 Å². The molecule has 13 heteroatoms. The summed E-state index contributed by atoms with van der Waals surface area (Å²) < 4.78 is 79.3. The van der Waals surface area contributed by atoms with E-state index in [0.29, 0.717) is 20.3 Å². The Morgan fingerprint density at radius 3 is 2.10 bits per heavy atom. The molecule has 1 aliphatic heterocycles. The molecule has 2 amide bonds. The first-order valence-electron chi connectivity index (χ1n) is 12.3. The van der Waals surface area contributed by atoms with Crippen molar-refractivity contribution in [2.24, 2.45) is 5.92 Å². The normalized spacial score (nSPS) is 16.5. The zero-order valence-corrected chi connectivity index (χ0v) is 22.6. The number of nitrogens with one attached hydrogen (secondary N) is 3. The summed E-state index contributed by atoms with van der Waals surface area (Å²) in [5.74, 6) is -1.44. The Bertz CT molecular complexity index is 1260. The first-order chi connectivity index (χ1) is 18.1. The maximum atomic E-state index is 13.3. The SMILES string of the molecule is CN1CCC(C[C@H](NC(=O)c2ccc(F)cc2)C(=O)Nc2ccc(S(=O)(=O)NC(C)(C)C(F)(F)F)cc2)CC1. The third kappa shape index (κ3) is 8.23. The molecule has 1 fully saturated rings. The highest BCUT2D eigenvalue weighted by atomic mass is 32.2. The Kier molecular flexibility index (Phi) is 9.39. The highest BCUT2D eigenvalue weighted by Gasteiger charge is 2.49. The number of rotatable bonds is 9. The summed E-state index contributed by atoms with van der Waals surface area (Å²) in [5.41, 5.74) is -2.32. The summed E-state index contributed by atoms with van der Waals surface area (Å²) in [7, 11) is -2.51. The van der Waals surface area contributed by atoms with E-state index < -0.39 is 50.3 Å². The van der Waals surface area contributed by atoms with Crippen molar-refractivity contribution in [1.29, 1.82) is 0 Å².